The van der Waals surface area contributed by atoms with Gasteiger partial charge in [0.2, 0.25) is 5.88 Å². The maximum absolute atomic E-state index is 12.6. The number of ketones is 1. The highest BCUT2D eigenvalue weighted by atomic mass is 35.5. The lowest BCUT2D eigenvalue weighted by atomic mass is 10.0. The van der Waals surface area contributed by atoms with Crippen molar-refractivity contribution in [2.45, 2.75) is 26.7 Å². The van der Waals surface area contributed by atoms with E-state index in [4.69, 9.17) is 27.9 Å². The summed E-state index contributed by atoms with van der Waals surface area (Å²) in [5, 5.41) is 0.840. The van der Waals surface area contributed by atoms with Gasteiger partial charge in [-0.05, 0) is 61.9 Å². The van der Waals surface area contributed by atoms with Crippen molar-refractivity contribution in [1.29, 1.82) is 0 Å². The van der Waals surface area contributed by atoms with Crippen molar-refractivity contribution >= 4 is 35.2 Å². The fourth-order valence-corrected chi connectivity index (χ4v) is 2.51. The molecule has 0 unspecified atom stereocenters. The number of aliphatic imine (C=N–C) groups is 1. The molecule has 0 aliphatic rings. The minimum absolute atomic E-state index is 0.188. The molecule has 2 aromatic carbocycles. The van der Waals surface area contributed by atoms with Crippen molar-refractivity contribution in [2.24, 2.45) is 4.99 Å². The molecule has 0 amide bonds. The highest BCUT2D eigenvalue weighted by molar-refractivity contribution is 6.36. The maximum atomic E-state index is 12.6. The second-order valence-electron chi connectivity index (χ2n) is 5.30. The molecule has 0 heterocycles. The molecule has 2 rings (SSSR count). The van der Waals surface area contributed by atoms with Gasteiger partial charge in [0.25, 0.3) is 0 Å². The average Bonchev–Trinajstić information content (AvgIpc) is 2.62. The van der Waals surface area contributed by atoms with Gasteiger partial charge in [-0.1, -0.05) is 36.5 Å². The zero-order valence-corrected chi connectivity index (χ0v) is 15.6. The predicted octanol–water partition coefficient (Wildman–Crippen LogP) is 6.34. The van der Waals surface area contributed by atoms with Crippen molar-refractivity contribution in [3.05, 3.63) is 75.6 Å². The summed E-state index contributed by atoms with van der Waals surface area (Å²) in [4.78, 5) is 16.8. The fourth-order valence-electron chi connectivity index (χ4n) is 2.14. The first-order chi connectivity index (χ1) is 12.0. The number of carbonyl (C=O) groups excluding carboxylic acids is 1. The Morgan fingerprint density at radius 1 is 1.16 bits per heavy atom. The molecule has 130 valence electrons. The Balaban J connectivity index is 2.19. The highest BCUT2D eigenvalue weighted by Crippen LogP contribution is 2.24. The molecule has 0 radical (unpaired) electrons. The Morgan fingerprint density at radius 3 is 2.52 bits per heavy atom. The number of nitrogens with zero attached hydrogens (tertiary/aromatic N) is 1. The molecule has 0 N–H and O–H groups in total. The molecule has 0 aliphatic carbocycles. The van der Waals surface area contributed by atoms with Gasteiger partial charge in [0.1, 0.15) is 5.75 Å². The number of carbonyl (C=O) groups is 1. The first kappa shape index (κ1) is 19.2. The van der Waals surface area contributed by atoms with Crippen LogP contribution in [-0.2, 0) is 0 Å². The largest absolute Gasteiger partial charge is 0.439 e. The Kier molecular flexibility index (Phi) is 7.23. The van der Waals surface area contributed by atoms with Gasteiger partial charge >= 0.3 is 0 Å². The molecule has 0 fully saturated rings. The van der Waals surface area contributed by atoms with Gasteiger partial charge in [0.05, 0.1) is 5.02 Å². The van der Waals surface area contributed by atoms with Crippen LogP contribution in [0.2, 0.25) is 10.0 Å². The second-order valence-corrected chi connectivity index (χ2v) is 6.14. The van der Waals surface area contributed by atoms with Crippen LogP contribution in [0.5, 0.6) is 5.75 Å². The van der Waals surface area contributed by atoms with Crippen LogP contribution >= 0.6 is 23.2 Å². The van der Waals surface area contributed by atoms with Crippen LogP contribution in [0.4, 0.5) is 0 Å². The van der Waals surface area contributed by atoms with Gasteiger partial charge in [-0.3, -0.25) is 4.79 Å². The number of halogens is 2. The van der Waals surface area contributed by atoms with E-state index in [0.29, 0.717) is 32.8 Å². The van der Waals surface area contributed by atoms with Crippen LogP contribution in [0.3, 0.4) is 0 Å². The van der Waals surface area contributed by atoms with E-state index in [0.717, 1.165) is 12.8 Å². The Labute approximate surface area is 157 Å². The molecule has 5 heteroatoms. The first-order valence-electron chi connectivity index (χ1n) is 8.01. The summed E-state index contributed by atoms with van der Waals surface area (Å²) in [6.45, 7) is 3.92. The van der Waals surface area contributed by atoms with E-state index in [1.165, 1.54) is 0 Å². The third-order valence-electron chi connectivity index (χ3n) is 3.38. The lowest BCUT2D eigenvalue weighted by Gasteiger charge is -2.08. The van der Waals surface area contributed by atoms with Gasteiger partial charge in [0, 0.05) is 22.4 Å². The molecule has 25 heavy (non-hydrogen) atoms. The normalized spacial score (nSPS) is 11.8. The summed E-state index contributed by atoms with van der Waals surface area (Å²) < 4.78 is 5.74. The zero-order chi connectivity index (χ0) is 18.2. The summed E-state index contributed by atoms with van der Waals surface area (Å²) in [7, 11) is 0. The Hall–Kier alpha value is -2.10. The van der Waals surface area contributed by atoms with E-state index in [-0.39, 0.29) is 5.78 Å². The van der Waals surface area contributed by atoms with Crippen LogP contribution in [0.25, 0.3) is 0 Å². The molecule has 0 spiro atoms. The molecule has 0 aromatic heterocycles. The van der Waals surface area contributed by atoms with E-state index in [2.05, 4.69) is 11.9 Å². The lowest BCUT2D eigenvalue weighted by molar-refractivity contribution is 0.103. The van der Waals surface area contributed by atoms with E-state index < -0.39 is 0 Å². The summed E-state index contributed by atoms with van der Waals surface area (Å²) >= 11 is 12.0. The van der Waals surface area contributed by atoms with E-state index in [9.17, 15) is 4.79 Å². The quantitative estimate of drug-likeness (QED) is 0.321. The van der Waals surface area contributed by atoms with Crippen molar-refractivity contribution in [2.75, 3.05) is 0 Å². The predicted molar refractivity (Wildman–Crippen MR) is 104 cm³/mol. The van der Waals surface area contributed by atoms with Crippen LogP contribution in [0.15, 0.2) is 59.4 Å². The van der Waals surface area contributed by atoms with Crippen LogP contribution in [0.1, 0.15) is 42.6 Å². The molecule has 2 aromatic rings. The summed E-state index contributed by atoms with van der Waals surface area (Å²) in [5.74, 6) is 0.968. The standard InChI is InChI=1S/C20H19Cl2NO2/c1-3-5-6-19(23-4-2)25-16-10-7-14(8-11-16)20(24)17-13-15(21)9-12-18(17)22/h4,6-13H,3,5H2,1-2H3/b19-6+,23-4-. The molecular weight excluding hydrogens is 357 g/mol. The summed E-state index contributed by atoms with van der Waals surface area (Å²) in [5.41, 5.74) is 0.886. The third kappa shape index (κ3) is 5.45. The van der Waals surface area contributed by atoms with Crippen LogP contribution in [-0.4, -0.2) is 12.0 Å². The molecule has 0 saturated carbocycles. The smallest absolute Gasteiger partial charge is 0.214 e. The number of unbranched alkanes of at least 4 members (excludes halogenated alkanes) is 1. The van der Waals surface area contributed by atoms with Gasteiger partial charge in [-0.15, -0.1) is 0 Å². The number of hydrogen-bond donors (Lipinski definition) is 0. The van der Waals surface area contributed by atoms with E-state index in [1.54, 1.807) is 48.7 Å². The summed E-state index contributed by atoms with van der Waals surface area (Å²) in [6, 6.07) is 11.7. The minimum Gasteiger partial charge on any atom is -0.439 e. The van der Waals surface area contributed by atoms with E-state index in [1.807, 2.05) is 13.0 Å². The molecular formula is C20H19Cl2NO2. The maximum Gasteiger partial charge on any atom is 0.214 e. The Bertz CT molecular complexity index is 796. The molecule has 3 nitrogen and oxygen atoms in total. The van der Waals surface area contributed by atoms with Crippen molar-refractivity contribution in [1.82, 2.24) is 0 Å². The van der Waals surface area contributed by atoms with Crippen LogP contribution in [0, 0.1) is 0 Å². The summed E-state index contributed by atoms with van der Waals surface area (Å²) in [6.07, 6.45) is 5.52. The van der Waals surface area contributed by atoms with Crippen molar-refractivity contribution < 1.29 is 9.53 Å². The SMILES string of the molecule is C/C=N\C(=C/CCC)Oc1ccc(C(=O)c2cc(Cl)ccc2Cl)cc1. The first-order valence-corrected chi connectivity index (χ1v) is 8.77. The van der Waals surface area contributed by atoms with Crippen LogP contribution < -0.4 is 4.74 Å². The van der Waals surface area contributed by atoms with Crippen molar-refractivity contribution in [3.63, 3.8) is 0 Å². The molecule has 0 atom stereocenters. The minimum atomic E-state index is -0.188. The Morgan fingerprint density at radius 2 is 1.88 bits per heavy atom. The monoisotopic (exact) mass is 375 g/mol. The van der Waals surface area contributed by atoms with Crippen molar-refractivity contribution in [3.8, 4) is 5.75 Å². The number of rotatable bonds is 7. The highest BCUT2D eigenvalue weighted by Gasteiger charge is 2.13. The zero-order valence-electron chi connectivity index (χ0n) is 14.1. The fraction of sp³-hybridized carbons (Fsp3) is 0.200. The second kappa shape index (κ2) is 9.40. The van der Waals surface area contributed by atoms with Gasteiger partial charge < -0.3 is 4.74 Å². The third-order valence-corrected chi connectivity index (χ3v) is 3.94. The molecule has 0 bridgehead atoms. The number of benzene rings is 2. The van der Waals surface area contributed by atoms with Gasteiger partial charge in [0.15, 0.2) is 5.78 Å². The topological polar surface area (TPSA) is 38.7 Å². The number of allylic oxidation sites excluding steroid dienone is 1. The lowest BCUT2D eigenvalue weighted by Crippen LogP contribution is -2.02. The average molecular weight is 376 g/mol. The van der Waals surface area contributed by atoms with Gasteiger partial charge in [-0.25, -0.2) is 4.99 Å². The number of ether oxygens (including phenoxy) is 1. The van der Waals surface area contributed by atoms with Gasteiger partial charge in [-0.2, -0.15) is 0 Å². The molecule has 0 saturated heterocycles. The molecule has 0 aliphatic heterocycles. The number of hydrogen-bond acceptors (Lipinski definition) is 3. The van der Waals surface area contributed by atoms with E-state index >= 15 is 0 Å².